The molecular formula is C18H11ClF3N3OS2. The van der Waals surface area contributed by atoms with Crippen LogP contribution in [0, 0.1) is 0 Å². The maximum atomic E-state index is 12.4. The Bertz CT molecular complexity index is 1140. The van der Waals surface area contributed by atoms with Crippen molar-refractivity contribution in [3.8, 4) is 21.8 Å². The summed E-state index contributed by atoms with van der Waals surface area (Å²) in [6.45, 7) is 0. The van der Waals surface area contributed by atoms with Gasteiger partial charge in [-0.2, -0.15) is 0 Å². The minimum Gasteiger partial charge on any atom is -0.586 e. The van der Waals surface area contributed by atoms with E-state index in [1.807, 2.05) is 40.6 Å². The van der Waals surface area contributed by atoms with Crippen LogP contribution in [0.2, 0.25) is 5.02 Å². The number of anilines is 1. The summed E-state index contributed by atoms with van der Waals surface area (Å²) < 4.78 is 50.3. The molecule has 0 aliphatic rings. The number of aromatic nitrogens is 2. The number of benzene rings is 2. The SMILES string of the molecule is [O-][S+](Nc1ccc(-c2csc(-c3ccc4cc[nH]c4c3)n2)c(Cl)c1)C(F)(F)F. The van der Waals surface area contributed by atoms with Crippen molar-refractivity contribution in [2.24, 2.45) is 0 Å². The van der Waals surface area contributed by atoms with Crippen LogP contribution in [0.15, 0.2) is 54.0 Å². The topological polar surface area (TPSA) is 63.8 Å². The lowest BCUT2D eigenvalue weighted by molar-refractivity contribution is -0.0428. The number of hydrogen-bond acceptors (Lipinski definition) is 4. The maximum absolute atomic E-state index is 12.4. The third kappa shape index (κ3) is 3.83. The highest BCUT2D eigenvalue weighted by Gasteiger charge is 2.46. The number of nitrogens with one attached hydrogen (secondary N) is 2. The molecule has 144 valence electrons. The predicted octanol–water partition coefficient (Wildman–Crippen LogP) is 6.21. The van der Waals surface area contributed by atoms with E-state index >= 15 is 0 Å². The summed E-state index contributed by atoms with van der Waals surface area (Å²) in [5.74, 6) is 0. The highest BCUT2D eigenvalue weighted by atomic mass is 35.5. The van der Waals surface area contributed by atoms with Gasteiger partial charge in [0.25, 0.3) is 0 Å². The van der Waals surface area contributed by atoms with Gasteiger partial charge in [0.1, 0.15) is 5.01 Å². The monoisotopic (exact) mass is 441 g/mol. The standard InChI is InChI=1S/C18H11ClF3N3OS2/c19-14-8-12(25-28(26)18(20,21)22)3-4-13(14)16-9-27-17(24-16)11-2-1-10-5-6-23-15(10)7-11/h1-9,23,25H. The summed E-state index contributed by atoms with van der Waals surface area (Å²) in [5.41, 5.74) is -1.71. The summed E-state index contributed by atoms with van der Waals surface area (Å²) in [6.07, 6.45) is 1.86. The van der Waals surface area contributed by atoms with Gasteiger partial charge in [0.2, 0.25) is 0 Å². The smallest absolute Gasteiger partial charge is 0.586 e. The fourth-order valence-electron chi connectivity index (χ4n) is 2.66. The average Bonchev–Trinajstić information content (AvgIpc) is 3.29. The zero-order chi connectivity index (χ0) is 19.9. The van der Waals surface area contributed by atoms with Gasteiger partial charge in [-0.1, -0.05) is 23.7 Å². The summed E-state index contributed by atoms with van der Waals surface area (Å²) in [7, 11) is 0. The van der Waals surface area contributed by atoms with Gasteiger partial charge in [-0.05, 0) is 35.7 Å². The lowest BCUT2D eigenvalue weighted by Gasteiger charge is -2.13. The molecule has 2 N–H and O–H groups in total. The number of alkyl halides is 3. The fourth-order valence-corrected chi connectivity index (χ4v) is 4.21. The lowest BCUT2D eigenvalue weighted by atomic mass is 10.1. The van der Waals surface area contributed by atoms with Crippen molar-refractivity contribution < 1.29 is 17.7 Å². The number of nitrogens with zero attached hydrogens (tertiary/aromatic N) is 1. The molecule has 1 atom stereocenters. The van der Waals surface area contributed by atoms with E-state index in [0.29, 0.717) is 11.3 Å². The molecule has 4 nitrogen and oxygen atoms in total. The number of fused-ring (bicyclic) bond motifs is 1. The molecule has 0 fully saturated rings. The van der Waals surface area contributed by atoms with Crippen LogP contribution in [-0.2, 0) is 11.4 Å². The van der Waals surface area contributed by atoms with Crippen LogP contribution in [0.25, 0.3) is 32.7 Å². The van der Waals surface area contributed by atoms with E-state index in [9.17, 15) is 17.7 Å². The molecule has 2 aromatic heterocycles. The number of H-pyrrole nitrogens is 1. The van der Waals surface area contributed by atoms with E-state index < -0.39 is 16.9 Å². The quantitative estimate of drug-likeness (QED) is 0.370. The zero-order valence-electron chi connectivity index (χ0n) is 13.9. The normalized spacial score (nSPS) is 13.0. The van der Waals surface area contributed by atoms with Crippen molar-refractivity contribution in [1.82, 2.24) is 9.97 Å². The van der Waals surface area contributed by atoms with Crippen LogP contribution in [0.3, 0.4) is 0 Å². The van der Waals surface area contributed by atoms with E-state index in [2.05, 4.69) is 9.97 Å². The second kappa shape index (κ2) is 7.32. The fraction of sp³-hybridized carbons (Fsp3) is 0.0556. The van der Waals surface area contributed by atoms with Gasteiger partial charge >= 0.3 is 5.51 Å². The van der Waals surface area contributed by atoms with Crippen molar-refractivity contribution in [3.05, 3.63) is 59.1 Å². The van der Waals surface area contributed by atoms with Crippen LogP contribution < -0.4 is 4.72 Å². The van der Waals surface area contributed by atoms with Gasteiger partial charge in [0.05, 0.1) is 16.4 Å². The number of aromatic amines is 1. The van der Waals surface area contributed by atoms with Gasteiger partial charge in [-0.3, -0.25) is 0 Å². The van der Waals surface area contributed by atoms with Gasteiger partial charge in [0, 0.05) is 28.2 Å². The number of rotatable bonds is 4. The van der Waals surface area contributed by atoms with E-state index in [-0.39, 0.29) is 10.7 Å². The summed E-state index contributed by atoms with van der Waals surface area (Å²) in [4.78, 5) is 7.75. The van der Waals surface area contributed by atoms with Crippen molar-refractivity contribution in [3.63, 3.8) is 0 Å². The average molecular weight is 442 g/mol. The van der Waals surface area contributed by atoms with Gasteiger partial charge in [0.15, 0.2) is 11.4 Å². The Kier molecular flexibility index (Phi) is 5.00. The molecule has 0 amide bonds. The molecule has 10 heteroatoms. The van der Waals surface area contributed by atoms with Crippen molar-refractivity contribution in [1.29, 1.82) is 0 Å². The molecule has 2 aromatic carbocycles. The first-order valence-corrected chi connectivity index (χ1v) is 10.3. The molecule has 0 aliphatic carbocycles. The largest absolute Gasteiger partial charge is 0.598 e. The minimum absolute atomic E-state index is 0.0112. The van der Waals surface area contributed by atoms with Gasteiger partial charge in [-0.25, -0.2) is 9.71 Å². The van der Waals surface area contributed by atoms with Gasteiger partial charge < -0.3 is 9.54 Å². The number of hydrogen-bond donors (Lipinski definition) is 2. The first kappa shape index (κ1) is 19.1. The van der Waals surface area contributed by atoms with Crippen LogP contribution in [-0.4, -0.2) is 20.0 Å². The molecule has 0 aliphatic heterocycles. The first-order valence-electron chi connectivity index (χ1n) is 7.89. The Morgan fingerprint density at radius 2 is 1.96 bits per heavy atom. The Hall–Kier alpha value is -2.20. The molecule has 0 radical (unpaired) electrons. The molecule has 1 unspecified atom stereocenters. The number of halogens is 4. The van der Waals surface area contributed by atoms with Crippen LogP contribution >= 0.6 is 22.9 Å². The lowest BCUT2D eigenvalue weighted by Crippen LogP contribution is -2.29. The molecule has 28 heavy (non-hydrogen) atoms. The summed E-state index contributed by atoms with van der Waals surface area (Å²) in [6, 6.07) is 12.2. The second-order valence-corrected chi connectivity index (χ2v) is 8.30. The van der Waals surface area contributed by atoms with Gasteiger partial charge in [-0.15, -0.1) is 24.5 Å². The minimum atomic E-state index is -4.85. The second-order valence-electron chi connectivity index (χ2n) is 5.83. The molecule has 0 saturated heterocycles. The summed E-state index contributed by atoms with van der Waals surface area (Å²) >= 11 is 4.46. The molecule has 0 spiro atoms. The predicted molar refractivity (Wildman–Crippen MR) is 108 cm³/mol. The summed E-state index contributed by atoms with van der Waals surface area (Å²) in [5, 5.41) is 3.93. The van der Waals surface area contributed by atoms with Crippen molar-refractivity contribution >= 4 is 50.9 Å². The Balaban J connectivity index is 1.59. The first-order chi connectivity index (χ1) is 13.3. The van der Waals surface area contributed by atoms with Crippen molar-refractivity contribution in [2.45, 2.75) is 5.51 Å². The van der Waals surface area contributed by atoms with Crippen LogP contribution in [0.1, 0.15) is 0 Å². The van der Waals surface area contributed by atoms with Crippen LogP contribution in [0.5, 0.6) is 0 Å². The molecule has 4 rings (SSSR count). The Morgan fingerprint density at radius 3 is 2.71 bits per heavy atom. The maximum Gasteiger partial charge on any atom is 0.598 e. The molecule has 4 aromatic rings. The third-order valence-corrected chi connectivity index (χ3v) is 6.02. The molecule has 0 saturated carbocycles. The van der Waals surface area contributed by atoms with E-state index in [1.165, 1.54) is 23.5 Å². The van der Waals surface area contributed by atoms with E-state index in [1.54, 1.807) is 6.07 Å². The number of thiazole rings is 1. The van der Waals surface area contributed by atoms with E-state index in [4.69, 9.17) is 11.6 Å². The highest BCUT2D eigenvalue weighted by Crippen LogP contribution is 2.35. The molecule has 0 bridgehead atoms. The van der Waals surface area contributed by atoms with E-state index in [0.717, 1.165) is 21.5 Å². The Labute approximate surface area is 169 Å². The Morgan fingerprint density at radius 1 is 1.14 bits per heavy atom. The zero-order valence-corrected chi connectivity index (χ0v) is 16.3. The van der Waals surface area contributed by atoms with Crippen LogP contribution in [0.4, 0.5) is 18.9 Å². The molecule has 2 heterocycles. The third-order valence-electron chi connectivity index (χ3n) is 3.97. The molecular weight excluding hydrogens is 431 g/mol. The van der Waals surface area contributed by atoms with Crippen molar-refractivity contribution in [2.75, 3.05) is 4.72 Å². The highest BCUT2D eigenvalue weighted by molar-refractivity contribution is 7.93.